The highest BCUT2D eigenvalue weighted by Gasteiger charge is 2.36. The molecule has 1 aromatic carbocycles. The second-order valence-electron chi connectivity index (χ2n) is 7.10. The second-order valence-corrected chi connectivity index (χ2v) is 7.10. The van der Waals surface area contributed by atoms with Crippen molar-refractivity contribution in [3.63, 3.8) is 0 Å². The first-order valence-corrected chi connectivity index (χ1v) is 9.92. The Bertz CT molecular complexity index is 1260. The van der Waals surface area contributed by atoms with Crippen LogP contribution in [0.15, 0.2) is 48.8 Å². The van der Waals surface area contributed by atoms with Gasteiger partial charge < -0.3 is 15.3 Å². The first kappa shape index (κ1) is 24.1. The van der Waals surface area contributed by atoms with Crippen molar-refractivity contribution in [2.75, 3.05) is 17.3 Å². The third-order valence-corrected chi connectivity index (χ3v) is 4.67. The molecule has 14 heteroatoms. The molecule has 0 radical (unpaired) electrons. The summed E-state index contributed by atoms with van der Waals surface area (Å²) in [5.41, 5.74) is 5.75. The number of aromatic nitrogens is 3. The Hall–Kier alpha value is -4.07. The van der Waals surface area contributed by atoms with Gasteiger partial charge in [0, 0.05) is 5.56 Å². The molecule has 8 nitrogen and oxygen atoms in total. The molecule has 184 valence electrons. The molecule has 3 N–H and O–H groups in total. The summed E-state index contributed by atoms with van der Waals surface area (Å²) in [5, 5.41) is 1.30. The largest absolute Gasteiger partial charge is 0.493 e. The van der Waals surface area contributed by atoms with Crippen molar-refractivity contribution < 1.29 is 35.9 Å². The van der Waals surface area contributed by atoms with Crippen LogP contribution in [-0.2, 0) is 17.2 Å². The van der Waals surface area contributed by atoms with Crippen molar-refractivity contribution in [2.45, 2.75) is 19.3 Å². The number of benzene rings is 1. The standard InChI is InChI=1S/C21H16F6N6O2/c1-2-34-15-7-11(3-5-13(15)20(22,23)24)14-8-17(21(25,26)27)31-19(30-14)16-10-33(32-35-16)12-4-6-18(28)29-9-12/h3-10,32H,2H2,1H3,(H2,28,29). The lowest BCUT2D eigenvalue weighted by atomic mass is 10.1. The van der Waals surface area contributed by atoms with Crippen LogP contribution in [-0.4, -0.2) is 21.6 Å². The lowest BCUT2D eigenvalue weighted by Gasteiger charge is -2.15. The van der Waals surface area contributed by atoms with Crippen molar-refractivity contribution in [1.29, 1.82) is 0 Å². The Morgan fingerprint density at radius 1 is 1.03 bits per heavy atom. The van der Waals surface area contributed by atoms with E-state index in [-0.39, 0.29) is 29.4 Å². The van der Waals surface area contributed by atoms with Crippen LogP contribution >= 0.6 is 0 Å². The number of hydrogen-bond acceptors (Lipinski definition) is 8. The number of halogens is 6. The normalized spacial score (nSPS) is 14.0. The minimum atomic E-state index is -4.87. The monoisotopic (exact) mass is 498 g/mol. The van der Waals surface area contributed by atoms with Gasteiger partial charge in [0.2, 0.25) is 11.6 Å². The van der Waals surface area contributed by atoms with Gasteiger partial charge in [-0.3, -0.25) is 0 Å². The van der Waals surface area contributed by atoms with E-state index in [0.29, 0.717) is 11.8 Å². The fourth-order valence-corrected chi connectivity index (χ4v) is 3.08. The zero-order valence-electron chi connectivity index (χ0n) is 17.8. The van der Waals surface area contributed by atoms with Crippen LogP contribution in [0.1, 0.15) is 24.0 Å². The van der Waals surface area contributed by atoms with Crippen LogP contribution in [0.2, 0.25) is 0 Å². The fourth-order valence-electron chi connectivity index (χ4n) is 3.08. The first-order chi connectivity index (χ1) is 16.5. The highest BCUT2D eigenvalue weighted by molar-refractivity contribution is 5.67. The van der Waals surface area contributed by atoms with E-state index in [1.54, 1.807) is 6.07 Å². The minimum absolute atomic E-state index is 0.0400. The van der Waals surface area contributed by atoms with Crippen LogP contribution in [0, 0.1) is 0 Å². The van der Waals surface area contributed by atoms with E-state index in [0.717, 1.165) is 18.2 Å². The minimum Gasteiger partial charge on any atom is -0.493 e. The topological polar surface area (TPSA) is 98.4 Å². The van der Waals surface area contributed by atoms with Crippen molar-refractivity contribution in [1.82, 2.24) is 20.5 Å². The summed E-state index contributed by atoms with van der Waals surface area (Å²) >= 11 is 0. The maximum atomic E-state index is 13.6. The van der Waals surface area contributed by atoms with Crippen LogP contribution in [0.25, 0.3) is 17.0 Å². The molecule has 35 heavy (non-hydrogen) atoms. The van der Waals surface area contributed by atoms with E-state index in [1.807, 2.05) is 0 Å². The van der Waals surface area contributed by atoms with Gasteiger partial charge in [0.1, 0.15) is 17.3 Å². The first-order valence-electron chi connectivity index (χ1n) is 9.92. The zero-order valence-corrected chi connectivity index (χ0v) is 17.8. The summed E-state index contributed by atoms with van der Waals surface area (Å²) in [6.45, 7) is 1.40. The molecular formula is C21H16F6N6O2. The number of alkyl halides is 6. The summed E-state index contributed by atoms with van der Waals surface area (Å²) in [6.07, 6.45) is -6.91. The summed E-state index contributed by atoms with van der Waals surface area (Å²) in [4.78, 5) is 16.8. The predicted molar refractivity (Wildman–Crippen MR) is 112 cm³/mol. The molecule has 4 rings (SSSR count). The quantitative estimate of drug-likeness (QED) is 0.484. The molecule has 0 unspecified atom stereocenters. The van der Waals surface area contributed by atoms with Crippen LogP contribution in [0.5, 0.6) is 5.75 Å². The molecular weight excluding hydrogens is 482 g/mol. The highest BCUT2D eigenvalue weighted by Crippen LogP contribution is 2.39. The average molecular weight is 498 g/mol. The zero-order chi connectivity index (χ0) is 25.4. The maximum Gasteiger partial charge on any atom is 0.433 e. The van der Waals surface area contributed by atoms with Gasteiger partial charge in [-0.2, -0.15) is 26.3 Å². The molecule has 0 fully saturated rings. The number of nitrogens with one attached hydrogen (secondary N) is 1. The molecule has 0 bridgehead atoms. The molecule has 3 aromatic rings. The molecule has 0 amide bonds. The van der Waals surface area contributed by atoms with Gasteiger partial charge in [-0.15, -0.1) is 0 Å². The number of rotatable bonds is 5. The van der Waals surface area contributed by atoms with Gasteiger partial charge in [-0.25, -0.2) is 20.0 Å². The predicted octanol–water partition coefficient (Wildman–Crippen LogP) is 4.81. The number of nitrogen functional groups attached to an aromatic ring is 1. The van der Waals surface area contributed by atoms with Crippen molar-refractivity contribution in [3.8, 4) is 17.0 Å². The molecule has 2 aromatic heterocycles. The molecule has 0 spiro atoms. The van der Waals surface area contributed by atoms with Gasteiger partial charge >= 0.3 is 12.4 Å². The molecule has 3 heterocycles. The third kappa shape index (κ3) is 5.21. The number of hydrogen-bond donors (Lipinski definition) is 2. The smallest absolute Gasteiger partial charge is 0.433 e. The van der Waals surface area contributed by atoms with Crippen molar-refractivity contribution in [3.05, 3.63) is 65.9 Å². The average Bonchev–Trinajstić information content (AvgIpc) is 3.28. The Labute approximate surface area is 193 Å². The number of nitrogens with two attached hydrogens (primary N) is 1. The SMILES string of the molecule is CCOc1cc(-c2cc(C(F)(F)F)nc(C3=CN(c4ccc(N)nc4)NO3)n2)ccc1C(F)(F)F. The van der Waals surface area contributed by atoms with Gasteiger partial charge in [0.05, 0.1) is 35.9 Å². The second kappa shape index (κ2) is 8.94. The van der Waals surface area contributed by atoms with E-state index in [9.17, 15) is 26.3 Å². The van der Waals surface area contributed by atoms with E-state index in [4.69, 9.17) is 15.3 Å². The number of nitrogens with zero attached hydrogens (tertiary/aromatic N) is 4. The maximum absolute atomic E-state index is 13.6. The molecule has 1 aliphatic rings. The Kier molecular flexibility index (Phi) is 6.15. The lowest BCUT2D eigenvalue weighted by Crippen LogP contribution is -2.27. The summed E-state index contributed by atoms with van der Waals surface area (Å²) in [5.74, 6) is -0.907. The van der Waals surface area contributed by atoms with Gasteiger partial charge in [0.15, 0.2) is 0 Å². The van der Waals surface area contributed by atoms with Gasteiger partial charge in [0.25, 0.3) is 0 Å². The molecule has 1 aliphatic heterocycles. The molecule has 0 saturated carbocycles. The number of pyridine rings is 1. The molecule has 0 aliphatic carbocycles. The van der Waals surface area contributed by atoms with E-state index < -0.39 is 35.2 Å². The van der Waals surface area contributed by atoms with Crippen LogP contribution < -0.4 is 21.1 Å². The van der Waals surface area contributed by atoms with Crippen molar-refractivity contribution >= 4 is 17.3 Å². The summed E-state index contributed by atoms with van der Waals surface area (Å²) < 4.78 is 85.7. The fraction of sp³-hybridized carbons (Fsp3) is 0.190. The number of hydrazine groups is 1. The van der Waals surface area contributed by atoms with Crippen molar-refractivity contribution in [2.24, 2.45) is 0 Å². The third-order valence-electron chi connectivity index (χ3n) is 4.67. The van der Waals surface area contributed by atoms with Crippen LogP contribution in [0.3, 0.4) is 0 Å². The summed E-state index contributed by atoms with van der Waals surface area (Å²) in [6, 6.07) is 6.42. The van der Waals surface area contributed by atoms with Gasteiger partial charge in [-0.1, -0.05) is 11.7 Å². The highest BCUT2D eigenvalue weighted by atomic mass is 19.4. The van der Waals surface area contributed by atoms with E-state index in [1.165, 1.54) is 30.4 Å². The summed E-state index contributed by atoms with van der Waals surface area (Å²) in [7, 11) is 0. The molecule has 0 atom stereocenters. The Balaban J connectivity index is 1.78. The number of ether oxygens (including phenoxy) is 1. The molecule has 0 saturated heterocycles. The van der Waals surface area contributed by atoms with Gasteiger partial charge in [-0.05, 0) is 37.3 Å². The van der Waals surface area contributed by atoms with E-state index in [2.05, 4.69) is 20.5 Å². The number of anilines is 2. The Morgan fingerprint density at radius 2 is 1.80 bits per heavy atom. The van der Waals surface area contributed by atoms with E-state index >= 15 is 0 Å². The Morgan fingerprint density at radius 3 is 2.43 bits per heavy atom. The van der Waals surface area contributed by atoms with Crippen LogP contribution in [0.4, 0.5) is 37.8 Å². The lowest BCUT2D eigenvalue weighted by molar-refractivity contribution is -0.141.